The molecule has 2 aromatic rings. The van der Waals surface area contributed by atoms with Crippen LogP contribution in [-0.4, -0.2) is 24.4 Å². The standard InChI is InChI=1S/C17H16O4/c1-20-14-5-3-4-13(11-14)15(18)8-6-12-7-9-16(19)17(10-12)21-2/h3-5,7,9-11,15,18-19H,1-2H3. The van der Waals surface area contributed by atoms with E-state index in [1.165, 1.54) is 13.2 Å². The molecular weight excluding hydrogens is 268 g/mol. The second-order valence-electron chi connectivity index (χ2n) is 4.34. The second kappa shape index (κ2) is 6.69. The van der Waals surface area contributed by atoms with Gasteiger partial charge in [0.2, 0.25) is 0 Å². The van der Waals surface area contributed by atoms with Gasteiger partial charge in [-0.3, -0.25) is 0 Å². The van der Waals surface area contributed by atoms with Crippen molar-refractivity contribution in [2.75, 3.05) is 14.2 Å². The Kier molecular flexibility index (Phi) is 4.70. The minimum absolute atomic E-state index is 0.0522. The fourth-order valence-electron chi connectivity index (χ4n) is 1.80. The molecule has 1 unspecified atom stereocenters. The number of aliphatic hydroxyl groups is 1. The van der Waals surface area contributed by atoms with Crippen LogP contribution in [0.1, 0.15) is 17.2 Å². The molecule has 0 bridgehead atoms. The first-order chi connectivity index (χ1) is 10.1. The molecule has 4 nitrogen and oxygen atoms in total. The number of benzene rings is 2. The van der Waals surface area contributed by atoms with E-state index < -0.39 is 6.10 Å². The zero-order valence-corrected chi connectivity index (χ0v) is 11.8. The van der Waals surface area contributed by atoms with E-state index in [0.717, 1.165) is 0 Å². The highest BCUT2D eigenvalue weighted by Crippen LogP contribution is 2.26. The third-order valence-corrected chi connectivity index (χ3v) is 2.94. The lowest BCUT2D eigenvalue weighted by Crippen LogP contribution is -1.94. The molecule has 0 saturated carbocycles. The molecule has 4 heteroatoms. The smallest absolute Gasteiger partial charge is 0.161 e. The van der Waals surface area contributed by atoms with Crippen LogP contribution >= 0.6 is 0 Å². The van der Waals surface area contributed by atoms with Crippen molar-refractivity contribution < 1.29 is 19.7 Å². The van der Waals surface area contributed by atoms with Gasteiger partial charge in [-0.15, -0.1) is 0 Å². The predicted molar refractivity (Wildman–Crippen MR) is 79.5 cm³/mol. The summed E-state index contributed by atoms with van der Waals surface area (Å²) in [7, 11) is 3.04. The van der Waals surface area contributed by atoms with Gasteiger partial charge < -0.3 is 19.7 Å². The zero-order valence-electron chi connectivity index (χ0n) is 11.8. The Bertz CT molecular complexity index is 683. The fourth-order valence-corrected chi connectivity index (χ4v) is 1.80. The number of phenols is 1. The highest BCUT2D eigenvalue weighted by atomic mass is 16.5. The van der Waals surface area contributed by atoms with E-state index >= 15 is 0 Å². The van der Waals surface area contributed by atoms with Gasteiger partial charge in [0.1, 0.15) is 11.9 Å². The summed E-state index contributed by atoms with van der Waals surface area (Å²) in [6.45, 7) is 0. The number of aliphatic hydroxyl groups excluding tert-OH is 1. The summed E-state index contributed by atoms with van der Waals surface area (Å²) in [6.07, 6.45) is -0.917. The first-order valence-corrected chi connectivity index (χ1v) is 6.34. The summed E-state index contributed by atoms with van der Waals surface area (Å²) in [5, 5.41) is 19.6. The second-order valence-corrected chi connectivity index (χ2v) is 4.34. The van der Waals surface area contributed by atoms with Crippen LogP contribution in [0.15, 0.2) is 42.5 Å². The van der Waals surface area contributed by atoms with E-state index in [1.54, 1.807) is 43.5 Å². The lowest BCUT2D eigenvalue weighted by atomic mass is 10.1. The van der Waals surface area contributed by atoms with Crippen molar-refractivity contribution in [3.63, 3.8) is 0 Å². The number of ether oxygens (including phenoxy) is 2. The minimum atomic E-state index is -0.917. The molecule has 0 fully saturated rings. The van der Waals surface area contributed by atoms with Crippen LogP contribution < -0.4 is 9.47 Å². The Hall–Kier alpha value is -2.64. The topological polar surface area (TPSA) is 58.9 Å². The summed E-state index contributed by atoms with van der Waals surface area (Å²) in [5.41, 5.74) is 1.30. The molecule has 0 radical (unpaired) electrons. The molecule has 0 spiro atoms. The molecular formula is C17H16O4. The van der Waals surface area contributed by atoms with E-state index in [9.17, 15) is 10.2 Å². The molecule has 0 aliphatic rings. The van der Waals surface area contributed by atoms with E-state index in [4.69, 9.17) is 9.47 Å². The number of methoxy groups -OCH3 is 2. The maximum Gasteiger partial charge on any atom is 0.161 e. The number of phenolic OH excluding ortho intramolecular Hbond substituents is 1. The lowest BCUT2D eigenvalue weighted by molar-refractivity contribution is 0.238. The van der Waals surface area contributed by atoms with Gasteiger partial charge in [0.25, 0.3) is 0 Å². The molecule has 0 heterocycles. The summed E-state index contributed by atoms with van der Waals surface area (Å²) in [4.78, 5) is 0. The molecule has 0 amide bonds. The van der Waals surface area contributed by atoms with E-state index in [1.807, 2.05) is 0 Å². The van der Waals surface area contributed by atoms with Gasteiger partial charge >= 0.3 is 0 Å². The first kappa shape index (κ1) is 14.8. The third kappa shape index (κ3) is 3.68. The largest absolute Gasteiger partial charge is 0.504 e. The molecule has 0 aliphatic carbocycles. The normalized spacial score (nSPS) is 11.2. The Morgan fingerprint density at radius 1 is 1.05 bits per heavy atom. The number of hydrogen-bond acceptors (Lipinski definition) is 4. The third-order valence-electron chi connectivity index (χ3n) is 2.94. The fraction of sp³-hybridized carbons (Fsp3) is 0.176. The number of hydrogen-bond donors (Lipinski definition) is 2. The van der Waals surface area contributed by atoms with Crippen molar-refractivity contribution in [3.8, 4) is 29.1 Å². The monoisotopic (exact) mass is 284 g/mol. The average molecular weight is 284 g/mol. The maximum atomic E-state index is 10.1. The average Bonchev–Trinajstić information content (AvgIpc) is 2.53. The minimum Gasteiger partial charge on any atom is -0.504 e. The van der Waals surface area contributed by atoms with Crippen LogP contribution in [0.2, 0.25) is 0 Å². The molecule has 0 saturated heterocycles. The Morgan fingerprint density at radius 3 is 2.57 bits per heavy atom. The van der Waals surface area contributed by atoms with Gasteiger partial charge in [0, 0.05) is 5.56 Å². The summed E-state index contributed by atoms with van der Waals surface area (Å²) < 4.78 is 10.1. The van der Waals surface area contributed by atoms with Crippen molar-refractivity contribution in [3.05, 3.63) is 53.6 Å². The van der Waals surface area contributed by atoms with Crippen LogP contribution in [0.4, 0.5) is 0 Å². The molecule has 2 N–H and O–H groups in total. The molecule has 108 valence electrons. The summed E-state index contributed by atoms with van der Waals surface area (Å²) >= 11 is 0. The molecule has 21 heavy (non-hydrogen) atoms. The van der Waals surface area contributed by atoms with Crippen LogP contribution in [-0.2, 0) is 0 Å². The zero-order chi connectivity index (χ0) is 15.2. The summed E-state index contributed by atoms with van der Waals surface area (Å²) in [5.74, 6) is 6.66. The van der Waals surface area contributed by atoms with Crippen LogP contribution in [0, 0.1) is 11.8 Å². The van der Waals surface area contributed by atoms with E-state index in [2.05, 4.69) is 11.8 Å². The van der Waals surface area contributed by atoms with Gasteiger partial charge in [-0.25, -0.2) is 0 Å². The van der Waals surface area contributed by atoms with Gasteiger partial charge in [0.15, 0.2) is 11.5 Å². The number of rotatable bonds is 3. The van der Waals surface area contributed by atoms with E-state index in [-0.39, 0.29) is 5.75 Å². The van der Waals surface area contributed by atoms with Gasteiger partial charge in [-0.05, 0) is 35.9 Å². The lowest BCUT2D eigenvalue weighted by Gasteiger charge is -2.06. The Balaban J connectivity index is 2.21. The molecule has 2 rings (SSSR count). The SMILES string of the molecule is COc1cccc(C(O)C#Cc2ccc(O)c(OC)c2)c1. The Morgan fingerprint density at radius 2 is 1.86 bits per heavy atom. The molecule has 2 aromatic carbocycles. The quantitative estimate of drug-likeness (QED) is 0.850. The van der Waals surface area contributed by atoms with Gasteiger partial charge in [-0.1, -0.05) is 24.0 Å². The Labute approximate surface area is 123 Å². The molecule has 0 aliphatic heterocycles. The van der Waals surface area contributed by atoms with Crippen LogP contribution in [0.25, 0.3) is 0 Å². The van der Waals surface area contributed by atoms with Crippen LogP contribution in [0.5, 0.6) is 17.2 Å². The van der Waals surface area contributed by atoms with E-state index in [0.29, 0.717) is 22.6 Å². The molecule has 1 atom stereocenters. The van der Waals surface area contributed by atoms with Crippen molar-refractivity contribution in [1.82, 2.24) is 0 Å². The number of aromatic hydroxyl groups is 1. The van der Waals surface area contributed by atoms with Crippen molar-refractivity contribution in [2.45, 2.75) is 6.10 Å². The van der Waals surface area contributed by atoms with Crippen LogP contribution in [0.3, 0.4) is 0 Å². The van der Waals surface area contributed by atoms with Crippen molar-refractivity contribution in [2.24, 2.45) is 0 Å². The van der Waals surface area contributed by atoms with Gasteiger partial charge in [-0.2, -0.15) is 0 Å². The van der Waals surface area contributed by atoms with Crippen molar-refractivity contribution >= 4 is 0 Å². The van der Waals surface area contributed by atoms with Gasteiger partial charge in [0.05, 0.1) is 14.2 Å². The highest BCUT2D eigenvalue weighted by Gasteiger charge is 2.05. The predicted octanol–water partition coefficient (Wildman–Crippen LogP) is 2.49. The molecule has 0 aromatic heterocycles. The maximum absolute atomic E-state index is 10.1. The summed E-state index contributed by atoms with van der Waals surface area (Å²) in [6, 6.07) is 11.9. The first-order valence-electron chi connectivity index (χ1n) is 6.34. The highest BCUT2D eigenvalue weighted by molar-refractivity contribution is 5.48. The van der Waals surface area contributed by atoms with Crippen molar-refractivity contribution in [1.29, 1.82) is 0 Å².